The molecule has 11 heteroatoms. The summed E-state index contributed by atoms with van der Waals surface area (Å²) in [6.45, 7) is 3.89. The Morgan fingerprint density at radius 1 is 0.929 bits per heavy atom. The highest BCUT2D eigenvalue weighted by molar-refractivity contribution is 7.92. The molecule has 0 heterocycles. The number of amides is 2. The van der Waals surface area contributed by atoms with Gasteiger partial charge in [-0.15, -0.1) is 0 Å². The van der Waals surface area contributed by atoms with E-state index >= 15 is 0 Å². The number of halogens is 1. The molecule has 2 amide bonds. The summed E-state index contributed by atoms with van der Waals surface area (Å²) in [5.74, 6) is -0.220. The number of nitrogens with one attached hydrogen (secondary N) is 1. The molecule has 9 nitrogen and oxygen atoms in total. The molecule has 0 aliphatic rings. The van der Waals surface area contributed by atoms with Crippen LogP contribution in [0.5, 0.6) is 11.5 Å². The zero-order valence-electron chi connectivity index (χ0n) is 24.4. The number of hydrogen-bond acceptors (Lipinski definition) is 6. The average molecular weight is 616 g/mol. The third-order valence-electron chi connectivity index (χ3n) is 6.75. The standard InChI is InChI=1S/C31H38ClN3O6S/c1-5-7-19-33-31(37)27(6-2)34(21-23-13-15-24(32)16-14-23)30(36)22-35(25-11-9-8-10-12-25)42(38,39)26-17-18-28(40-3)29(20-26)41-4/h8-18,20,27H,5-7,19,21-22H2,1-4H3,(H,33,37)/t27-/m1/s1. The zero-order valence-corrected chi connectivity index (χ0v) is 26.0. The Kier molecular flexibility index (Phi) is 12.1. The van der Waals surface area contributed by atoms with Gasteiger partial charge in [-0.05, 0) is 54.8 Å². The van der Waals surface area contributed by atoms with Crippen molar-refractivity contribution < 1.29 is 27.5 Å². The van der Waals surface area contributed by atoms with Crippen LogP contribution in [0.25, 0.3) is 0 Å². The molecule has 1 atom stereocenters. The van der Waals surface area contributed by atoms with Gasteiger partial charge < -0.3 is 19.7 Å². The number of anilines is 1. The van der Waals surface area contributed by atoms with E-state index in [4.69, 9.17) is 21.1 Å². The Hall–Kier alpha value is -3.76. The van der Waals surface area contributed by atoms with Crippen molar-refractivity contribution in [2.75, 3.05) is 31.6 Å². The number of sulfonamides is 1. The topological polar surface area (TPSA) is 105 Å². The van der Waals surface area contributed by atoms with Crippen LogP contribution in [0.4, 0.5) is 5.69 Å². The second-order valence-corrected chi connectivity index (χ2v) is 11.9. The van der Waals surface area contributed by atoms with E-state index in [1.54, 1.807) is 54.6 Å². The maximum Gasteiger partial charge on any atom is 0.264 e. The summed E-state index contributed by atoms with van der Waals surface area (Å²) in [6, 6.07) is 18.8. The molecule has 0 saturated carbocycles. The molecule has 42 heavy (non-hydrogen) atoms. The molecule has 0 aromatic heterocycles. The summed E-state index contributed by atoms with van der Waals surface area (Å²) < 4.78 is 39.8. The van der Waals surface area contributed by atoms with Crippen LogP contribution in [0.3, 0.4) is 0 Å². The Morgan fingerprint density at radius 2 is 1.60 bits per heavy atom. The summed E-state index contributed by atoms with van der Waals surface area (Å²) in [5.41, 5.74) is 1.05. The van der Waals surface area contributed by atoms with E-state index in [0.717, 1.165) is 22.7 Å². The van der Waals surface area contributed by atoms with E-state index in [0.29, 0.717) is 29.4 Å². The molecule has 0 saturated heterocycles. The minimum atomic E-state index is -4.26. The van der Waals surface area contributed by atoms with Gasteiger partial charge in [-0.3, -0.25) is 13.9 Å². The molecule has 0 aliphatic heterocycles. The van der Waals surface area contributed by atoms with Crippen molar-refractivity contribution in [1.29, 1.82) is 0 Å². The first-order valence-electron chi connectivity index (χ1n) is 13.8. The Morgan fingerprint density at radius 3 is 2.19 bits per heavy atom. The molecule has 0 bridgehead atoms. The van der Waals surface area contributed by atoms with Crippen LogP contribution in [0, 0.1) is 0 Å². The van der Waals surface area contributed by atoms with Gasteiger partial charge in [-0.25, -0.2) is 8.42 Å². The maximum atomic E-state index is 14.1. The van der Waals surface area contributed by atoms with Crippen LogP contribution < -0.4 is 19.1 Å². The molecule has 3 rings (SSSR count). The Bertz CT molecular complexity index is 1430. The van der Waals surface area contributed by atoms with E-state index in [-0.39, 0.29) is 23.1 Å². The lowest BCUT2D eigenvalue weighted by atomic mass is 10.1. The van der Waals surface area contributed by atoms with Crippen molar-refractivity contribution in [2.24, 2.45) is 0 Å². The summed E-state index contributed by atoms with van der Waals surface area (Å²) in [5, 5.41) is 3.46. The zero-order chi connectivity index (χ0) is 30.7. The van der Waals surface area contributed by atoms with Crippen LogP contribution in [0.15, 0.2) is 77.7 Å². The number of methoxy groups -OCH3 is 2. The van der Waals surface area contributed by atoms with E-state index in [2.05, 4.69) is 5.32 Å². The lowest BCUT2D eigenvalue weighted by molar-refractivity contribution is -0.140. The summed E-state index contributed by atoms with van der Waals surface area (Å²) >= 11 is 6.07. The molecule has 0 radical (unpaired) electrons. The van der Waals surface area contributed by atoms with Gasteiger partial charge in [0.15, 0.2) is 11.5 Å². The highest BCUT2D eigenvalue weighted by Gasteiger charge is 2.34. The second-order valence-electron chi connectivity index (χ2n) is 9.58. The fraction of sp³-hybridized carbons (Fsp3) is 0.355. The fourth-order valence-electron chi connectivity index (χ4n) is 4.44. The van der Waals surface area contributed by atoms with Crippen molar-refractivity contribution in [2.45, 2.75) is 50.6 Å². The minimum Gasteiger partial charge on any atom is -0.493 e. The van der Waals surface area contributed by atoms with Crippen molar-refractivity contribution in [1.82, 2.24) is 10.2 Å². The molecule has 1 N–H and O–H groups in total. The van der Waals surface area contributed by atoms with E-state index < -0.39 is 28.5 Å². The third kappa shape index (κ3) is 8.17. The lowest BCUT2D eigenvalue weighted by Crippen LogP contribution is -2.52. The largest absolute Gasteiger partial charge is 0.493 e. The molecule has 226 valence electrons. The molecular weight excluding hydrogens is 578 g/mol. The van der Waals surface area contributed by atoms with Crippen molar-refractivity contribution >= 4 is 39.1 Å². The molecule has 3 aromatic carbocycles. The number of carbonyl (C=O) groups excluding carboxylic acids is 2. The molecule has 0 fully saturated rings. The smallest absolute Gasteiger partial charge is 0.264 e. The van der Waals surface area contributed by atoms with Gasteiger partial charge in [0.25, 0.3) is 10.0 Å². The predicted octanol–water partition coefficient (Wildman–Crippen LogP) is 5.28. The Balaban J connectivity index is 2.04. The number of carbonyl (C=O) groups is 2. The molecule has 0 aliphatic carbocycles. The SMILES string of the molecule is CCCCNC(=O)[C@@H](CC)N(Cc1ccc(Cl)cc1)C(=O)CN(c1ccccc1)S(=O)(=O)c1ccc(OC)c(OC)c1. The van der Waals surface area contributed by atoms with Crippen LogP contribution in [-0.4, -0.2) is 58.5 Å². The normalized spacial score (nSPS) is 11.8. The second kappa shape index (κ2) is 15.5. The highest BCUT2D eigenvalue weighted by Crippen LogP contribution is 2.32. The number of benzene rings is 3. The van der Waals surface area contributed by atoms with Gasteiger partial charge >= 0.3 is 0 Å². The van der Waals surface area contributed by atoms with Gasteiger partial charge in [0.1, 0.15) is 12.6 Å². The molecule has 0 spiro atoms. The van der Waals surface area contributed by atoms with Crippen LogP contribution >= 0.6 is 11.6 Å². The van der Waals surface area contributed by atoms with Crippen LogP contribution in [-0.2, 0) is 26.2 Å². The number of nitrogens with zero attached hydrogens (tertiary/aromatic N) is 2. The fourth-order valence-corrected chi connectivity index (χ4v) is 6.00. The first-order chi connectivity index (χ1) is 20.2. The summed E-state index contributed by atoms with van der Waals surface area (Å²) in [6.07, 6.45) is 2.05. The quantitative estimate of drug-likeness (QED) is 0.233. The van der Waals surface area contributed by atoms with E-state index in [9.17, 15) is 18.0 Å². The number of para-hydroxylation sites is 1. The van der Waals surface area contributed by atoms with Crippen molar-refractivity contribution in [3.8, 4) is 11.5 Å². The first kappa shape index (κ1) is 32.8. The van der Waals surface area contributed by atoms with Gasteiger partial charge in [0, 0.05) is 24.2 Å². The van der Waals surface area contributed by atoms with Crippen molar-refractivity contribution in [3.63, 3.8) is 0 Å². The van der Waals surface area contributed by atoms with Gasteiger partial charge in [0.05, 0.1) is 24.8 Å². The monoisotopic (exact) mass is 615 g/mol. The molecular formula is C31H38ClN3O6S. The van der Waals surface area contributed by atoms with Gasteiger partial charge in [0.2, 0.25) is 11.8 Å². The first-order valence-corrected chi connectivity index (χ1v) is 15.6. The number of rotatable bonds is 15. The van der Waals surface area contributed by atoms with Crippen LogP contribution in [0.2, 0.25) is 5.02 Å². The average Bonchev–Trinajstić information content (AvgIpc) is 3.00. The van der Waals surface area contributed by atoms with Crippen LogP contribution in [0.1, 0.15) is 38.7 Å². The maximum absolute atomic E-state index is 14.1. The van der Waals surface area contributed by atoms with E-state index in [1.807, 2.05) is 13.8 Å². The van der Waals surface area contributed by atoms with Crippen molar-refractivity contribution in [3.05, 3.63) is 83.4 Å². The minimum absolute atomic E-state index is 0.0783. The van der Waals surface area contributed by atoms with Gasteiger partial charge in [-0.1, -0.05) is 62.2 Å². The lowest BCUT2D eigenvalue weighted by Gasteiger charge is -2.33. The molecule has 3 aromatic rings. The Labute approximate surface area is 253 Å². The number of ether oxygens (including phenoxy) is 2. The van der Waals surface area contributed by atoms with Gasteiger partial charge in [-0.2, -0.15) is 0 Å². The summed E-state index contributed by atoms with van der Waals surface area (Å²) in [7, 11) is -1.39. The highest BCUT2D eigenvalue weighted by atomic mass is 35.5. The number of unbranched alkanes of at least 4 members (excludes halogenated alkanes) is 1. The summed E-state index contributed by atoms with van der Waals surface area (Å²) in [4.78, 5) is 28.7. The molecule has 0 unspecified atom stereocenters. The predicted molar refractivity (Wildman–Crippen MR) is 165 cm³/mol. The number of hydrogen-bond donors (Lipinski definition) is 1. The third-order valence-corrected chi connectivity index (χ3v) is 8.77. The van der Waals surface area contributed by atoms with E-state index in [1.165, 1.54) is 37.3 Å².